The Morgan fingerprint density at radius 1 is 1.02 bits per heavy atom. The Morgan fingerprint density at radius 3 is 2.52 bits per heavy atom. The largest absolute Gasteiger partial charge is 0.496 e. The summed E-state index contributed by atoms with van der Waals surface area (Å²) in [7, 11) is 5.54. The van der Waals surface area contributed by atoms with E-state index >= 15 is 0 Å². The fourth-order valence-corrected chi connectivity index (χ4v) is 6.79. The minimum absolute atomic E-state index is 0.202. The van der Waals surface area contributed by atoms with E-state index in [9.17, 15) is 14.7 Å². The molecule has 0 fully saturated rings. The highest BCUT2D eigenvalue weighted by atomic mass is 35.5. The SMILES string of the molecule is CCN(C)Cc1cc(Cl)c(Cn2ncc3c(-c4cccc(-c5ccc(CNCC(CCC=O)NC)c(OC)c5)c4Cl)cccc32)cc1OCC(=O)O. The van der Waals surface area contributed by atoms with Crippen molar-refractivity contribution in [2.45, 2.75) is 45.4 Å². The van der Waals surface area contributed by atoms with Crippen molar-refractivity contribution in [2.75, 3.05) is 40.9 Å². The Kier molecular flexibility index (Phi) is 13.7. The predicted octanol–water partition coefficient (Wildman–Crippen LogP) is 7.31. The average molecular weight is 747 g/mol. The molecule has 0 amide bonds. The number of likely N-dealkylation sites (N-methyl/N-ethyl adjacent to an activating group) is 1. The molecular formula is C40H45Cl2N5O5. The maximum atomic E-state index is 11.3. The van der Waals surface area contributed by atoms with Gasteiger partial charge in [0.1, 0.15) is 17.8 Å². The number of fused-ring (bicyclic) bond motifs is 1. The first-order valence-electron chi connectivity index (χ1n) is 17.2. The smallest absolute Gasteiger partial charge is 0.341 e. The number of carbonyl (C=O) groups excluding carboxylic acids is 1. The number of rotatable bonds is 19. The molecule has 0 saturated heterocycles. The summed E-state index contributed by atoms with van der Waals surface area (Å²) in [5, 5.41) is 22.8. The number of benzene rings is 4. The number of halogens is 2. The van der Waals surface area contributed by atoms with E-state index in [1.807, 2.05) is 92.6 Å². The first kappa shape index (κ1) is 38.8. The van der Waals surface area contributed by atoms with Crippen LogP contribution in [-0.2, 0) is 29.2 Å². The van der Waals surface area contributed by atoms with E-state index in [4.69, 9.17) is 37.8 Å². The van der Waals surface area contributed by atoms with Crippen LogP contribution in [0.15, 0.2) is 72.9 Å². The molecule has 3 N–H and O–H groups in total. The number of carbonyl (C=O) groups is 2. The van der Waals surface area contributed by atoms with Crippen molar-refractivity contribution in [3.05, 3.63) is 99.7 Å². The third kappa shape index (κ3) is 9.31. The van der Waals surface area contributed by atoms with E-state index in [0.29, 0.717) is 41.8 Å². The van der Waals surface area contributed by atoms with Gasteiger partial charge in [0.15, 0.2) is 6.61 Å². The number of aldehydes is 1. The number of methoxy groups -OCH3 is 1. The quantitative estimate of drug-likeness (QED) is 0.0749. The van der Waals surface area contributed by atoms with E-state index in [1.165, 1.54) is 0 Å². The number of aromatic nitrogens is 2. The van der Waals surface area contributed by atoms with Crippen LogP contribution in [0.4, 0.5) is 0 Å². The zero-order valence-corrected chi connectivity index (χ0v) is 31.4. The second kappa shape index (κ2) is 18.3. The summed E-state index contributed by atoms with van der Waals surface area (Å²) >= 11 is 14.0. The first-order chi connectivity index (χ1) is 25.2. The molecular weight excluding hydrogens is 701 g/mol. The van der Waals surface area contributed by atoms with Gasteiger partial charge in [-0.3, -0.25) is 4.68 Å². The van der Waals surface area contributed by atoms with Crippen molar-refractivity contribution >= 4 is 46.4 Å². The summed E-state index contributed by atoms with van der Waals surface area (Å²) in [5.41, 5.74) is 7.09. The lowest BCUT2D eigenvalue weighted by atomic mass is 9.96. The number of carboxylic acid groups (broad SMARTS) is 1. The Labute approximate surface area is 314 Å². The summed E-state index contributed by atoms with van der Waals surface area (Å²) < 4.78 is 13.4. The van der Waals surface area contributed by atoms with Crippen molar-refractivity contribution in [2.24, 2.45) is 0 Å². The molecule has 0 aliphatic carbocycles. The Balaban J connectivity index is 1.42. The monoisotopic (exact) mass is 745 g/mol. The standard InChI is InChI=1S/C40H45Cl2N5O5/c1-5-46(3)23-29-17-35(41)28(19-38(29)52-25-39(49)50)24-47-36-13-7-11-32(34(36)22-45-47)33-12-6-10-31(40(33)42)26-14-15-27(37(18-26)51-4)20-44-21-30(43-2)9-8-16-48/h6-7,10-19,22,30,43-44H,5,8-9,20-21,23-25H2,1-4H3,(H,49,50). The topological polar surface area (TPSA) is 118 Å². The summed E-state index contributed by atoms with van der Waals surface area (Å²) in [6.07, 6.45) is 4.08. The van der Waals surface area contributed by atoms with Gasteiger partial charge in [-0.2, -0.15) is 5.10 Å². The number of carboxylic acids is 1. The minimum Gasteiger partial charge on any atom is -0.496 e. The van der Waals surface area contributed by atoms with Gasteiger partial charge < -0.3 is 34.9 Å². The number of hydrogen-bond donors (Lipinski definition) is 3. The predicted molar refractivity (Wildman–Crippen MR) is 208 cm³/mol. The first-order valence-corrected chi connectivity index (χ1v) is 18.0. The molecule has 1 unspecified atom stereocenters. The third-order valence-corrected chi connectivity index (χ3v) is 9.96. The van der Waals surface area contributed by atoms with Crippen LogP contribution in [-0.4, -0.2) is 79.0 Å². The summed E-state index contributed by atoms with van der Waals surface area (Å²) in [6, 6.07) is 22.0. The lowest BCUT2D eigenvalue weighted by Crippen LogP contribution is -2.36. The second-order valence-electron chi connectivity index (χ2n) is 12.7. The average Bonchev–Trinajstić information content (AvgIpc) is 3.56. The van der Waals surface area contributed by atoms with Crippen molar-refractivity contribution < 1.29 is 24.2 Å². The number of nitrogens with one attached hydrogen (secondary N) is 2. The zero-order valence-electron chi connectivity index (χ0n) is 29.9. The van der Waals surface area contributed by atoms with Crippen LogP contribution in [0.2, 0.25) is 10.0 Å². The van der Waals surface area contributed by atoms with Gasteiger partial charge in [-0.15, -0.1) is 0 Å². The molecule has 0 bridgehead atoms. The van der Waals surface area contributed by atoms with Crippen molar-refractivity contribution in [3.8, 4) is 33.8 Å². The molecule has 1 aromatic heterocycles. The van der Waals surface area contributed by atoms with Crippen molar-refractivity contribution in [3.63, 3.8) is 0 Å². The molecule has 0 spiro atoms. The molecule has 0 saturated carbocycles. The van der Waals surface area contributed by atoms with E-state index in [-0.39, 0.29) is 6.04 Å². The van der Waals surface area contributed by atoms with Crippen LogP contribution >= 0.6 is 23.2 Å². The molecule has 5 aromatic rings. The number of nitrogens with zero attached hydrogens (tertiary/aromatic N) is 3. The maximum absolute atomic E-state index is 11.3. The Morgan fingerprint density at radius 2 is 1.79 bits per heavy atom. The van der Waals surface area contributed by atoms with Crippen LogP contribution < -0.4 is 20.1 Å². The van der Waals surface area contributed by atoms with Crippen molar-refractivity contribution in [1.29, 1.82) is 0 Å². The fourth-order valence-electron chi connectivity index (χ4n) is 6.20. The lowest BCUT2D eigenvalue weighted by molar-refractivity contribution is -0.139. The Bertz CT molecular complexity index is 2020. The Hall–Kier alpha value is -4.45. The molecule has 10 nitrogen and oxygen atoms in total. The van der Waals surface area contributed by atoms with Gasteiger partial charge in [0.05, 0.1) is 30.4 Å². The van der Waals surface area contributed by atoms with Gasteiger partial charge >= 0.3 is 5.97 Å². The van der Waals surface area contributed by atoms with Gasteiger partial charge in [0.2, 0.25) is 0 Å². The van der Waals surface area contributed by atoms with Crippen LogP contribution in [0, 0.1) is 0 Å². The van der Waals surface area contributed by atoms with Crippen molar-refractivity contribution in [1.82, 2.24) is 25.3 Å². The van der Waals surface area contributed by atoms with Crippen LogP contribution in [0.5, 0.6) is 11.5 Å². The third-order valence-electron chi connectivity index (χ3n) is 9.20. The molecule has 12 heteroatoms. The molecule has 0 aliphatic rings. The van der Waals surface area contributed by atoms with Gasteiger partial charge in [0.25, 0.3) is 0 Å². The van der Waals surface area contributed by atoms with E-state index < -0.39 is 12.6 Å². The highest BCUT2D eigenvalue weighted by Crippen LogP contribution is 2.40. The van der Waals surface area contributed by atoms with E-state index in [1.54, 1.807) is 7.11 Å². The van der Waals surface area contributed by atoms with E-state index in [0.717, 1.165) is 81.4 Å². The minimum atomic E-state index is -1.05. The molecule has 4 aromatic carbocycles. The van der Waals surface area contributed by atoms with Gasteiger partial charge in [-0.25, -0.2) is 4.79 Å². The van der Waals surface area contributed by atoms with Gasteiger partial charge in [-0.05, 0) is 68.0 Å². The maximum Gasteiger partial charge on any atom is 0.341 e. The summed E-state index contributed by atoms with van der Waals surface area (Å²) in [4.78, 5) is 24.2. The summed E-state index contributed by atoms with van der Waals surface area (Å²) in [6.45, 7) is 4.66. The molecule has 1 heterocycles. The molecule has 274 valence electrons. The molecule has 52 heavy (non-hydrogen) atoms. The van der Waals surface area contributed by atoms with E-state index in [2.05, 4.69) is 21.6 Å². The van der Waals surface area contributed by atoms with Gasteiger partial charge in [-0.1, -0.05) is 72.6 Å². The lowest BCUT2D eigenvalue weighted by Gasteiger charge is -2.19. The normalized spacial score (nSPS) is 12.0. The second-order valence-corrected chi connectivity index (χ2v) is 13.4. The highest BCUT2D eigenvalue weighted by Gasteiger charge is 2.18. The fraction of sp³-hybridized carbons (Fsp3) is 0.325. The molecule has 1 atom stereocenters. The summed E-state index contributed by atoms with van der Waals surface area (Å²) in [5.74, 6) is 0.187. The van der Waals surface area contributed by atoms with Crippen LogP contribution in [0.3, 0.4) is 0 Å². The molecule has 0 radical (unpaired) electrons. The highest BCUT2D eigenvalue weighted by molar-refractivity contribution is 6.36. The molecule has 5 rings (SSSR count). The van der Waals surface area contributed by atoms with Crippen LogP contribution in [0.25, 0.3) is 33.2 Å². The number of aliphatic carboxylic acids is 1. The van der Waals surface area contributed by atoms with Crippen LogP contribution in [0.1, 0.15) is 36.5 Å². The zero-order chi connectivity index (χ0) is 37.2. The number of ether oxygens (including phenoxy) is 2. The number of hydrogen-bond acceptors (Lipinski definition) is 8. The molecule has 0 aliphatic heterocycles. The van der Waals surface area contributed by atoms with Gasteiger partial charge in [0, 0.05) is 64.8 Å².